The maximum Gasteiger partial charge on any atom is 0.234 e. The minimum atomic E-state index is -0.139. The molecule has 0 saturated carbocycles. The maximum atomic E-state index is 12.5. The molecule has 8 nitrogen and oxygen atoms in total. The number of carbonyl (C=O) groups is 1. The number of hydrogen-bond donors (Lipinski definition) is 2. The zero-order chi connectivity index (χ0) is 21.8. The van der Waals surface area contributed by atoms with Gasteiger partial charge in [-0.05, 0) is 50.2 Å². The summed E-state index contributed by atoms with van der Waals surface area (Å²) in [6, 6.07) is 17.3. The van der Waals surface area contributed by atoms with Gasteiger partial charge in [0.05, 0.1) is 35.6 Å². The van der Waals surface area contributed by atoms with Crippen LogP contribution in [0.2, 0.25) is 0 Å². The van der Waals surface area contributed by atoms with Gasteiger partial charge in [0, 0.05) is 5.56 Å². The van der Waals surface area contributed by atoms with E-state index in [9.17, 15) is 4.79 Å². The van der Waals surface area contributed by atoms with Gasteiger partial charge in [-0.15, -0.1) is 5.10 Å². The topological polar surface area (TPSA) is 97.7 Å². The number of carbonyl (C=O) groups excluding carboxylic acids is 1. The Morgan fingerprint density at radius 3 is 2.58 bits per heavy atom. The third-order valence-corrected chi connectivity index (χ3v) is 5.56. The summed E-state index contributed by atoms with van der Waals surface area (Å²) >= 11 is 1.27. The van der Waals surface area contributed by atoms with Crippen molar-refractivity contribution in [1.29, 1.82) is 0 Å². The number of para-hydroxylation sites is 1. The molecule has 31 heavy (non-hydrogen) atoms. The van der Waals surface area contributed by atoms with Crippen LogP contribution in [-0.4, -0.2) is 43.7 Å². The zero-order valence-electron chi connectivity index (χ0n) is 17.4. The van der Waals surface area contributed by atoms with Gasteiger partial charge in [0.1, 0.15) is 5.75 Å². The van der Waals surface area contributed by atoms with Crippen LogP contribution in [0.5, 0.6) is 5.75 Å². The van der Waals surface area contributed by atoms with Crippen LogP contribution in [0.25, 0.3) is 17.1 Å². The van der Waals surface area contributed by atoms with Gasteiger partial charge in [-0.2, -0.15) is 5.10 Å². The average molecular weight is 435 g/mol. The molecule has 0 atom stereocenters. The van der Waals surface area contributed by atoms with Crippen LogP contribution in [-0.2, 0) is 4.79 Å². The van der Waals surface area contributed by atoms with E-state index in [0.29, 0.717) is 11.0 Å². The fraction of sp³-hybridized carbons (Fsp3) is 0.182. The van der Waals surface area contributed by atoms with Crippen molar-refractivity contribution in [1.82, 2.24) is 25.0 Å². The van der Waals surface area contributed by atoms with E-state index in [4.69, 9.17) is 4.74 Å². The Labute approximate surface area is 184 Å². The van der Waals surface area contributed by atoms with E-state index in [0.717, 1.165) is 34.1 Å². The lowest BCUT2D eigenvalue weighted by Gasteiger charge is -2.06. The predicted octanol–water partition coefficient (Wildman–Crippen LogP) is 4.01. The molecule has 4 rings (SSSR count). The summed E-state index contributed by atoms with van der Waals surface area (Å²) in [5, 5.41) is 15.1. The molecule has 1 amide bonds. The molecule has 0 unspecified atom stereocenters. The van der Waals surface area contributed by atoms with Crippen molar-refractivity contribution >= 4 is 23.4 Å². The smallest absolute Gasteiger partial charge is 0.234 e. The van der Waals surface area contributed by atoms with Gasteiger partial charge in [-0.1, -0.05) is 30.0 Å². The first kappa shape index (κ1) is 20.7. The highest BCUT2D eigenvalue weighted by Gasteiger charge is 2.16. The van der Waals surface area contributed by atoms with E-state index < -0.39 is 0 Å². The number of thioether (sulfide) groups is 1. The van der Waals surface area contributed by atoms with Crippen molar-refractivity contribution < 1.29 is 9.53 Å². The summed E-state index contributed by atoms with van der Waals surface area (Å²) in [4.78, 5) is 17.0. The molecular formula is C22H22N6O2S. The fourth-order valence-corrected chi connectivity index (χ4v) is 3.74. The third-order valence-electron chi connectivity index (χ3n) is 4.72. The molecule has 158 valence electrons. The van der Waals surface area contributed by atoms with Gasteiger partial charge >= 0.3 is 0 Å². The molecule has 0 aliphatic rings. The first-order valence-electron chi connectivity index (χ1n) is 9.66. The maximum absolute atomic E-state index is 12.5. The lowest BCUT2D eigenvalue weighted by atomic mass is 10.2. The Morgan fingerprint density at radius 1 is 1.13 bits per heavy atom. The third kappa shape index (κ3) is 4.61. The Morgan fingerprint density at radius 2 is 1.87 bits per heavy atom. The van der Waals surface area contributed by atoms with E-state index >= 15 is 0 Å². The number of nitrogens with one attached hydrogen (secondary N) is 2. The van der Waals surface area contributed by atoms with E-state index in [1.165, 1.54) is 11.8 Å². The summed E-state index contributed by atoms with van der Waals surface area (Å²) in [7, 11) is 1.62. The summed E-state index contributed by atoms with van der Waals surface area (Å²) in [6.45, 7) is 3.82. The predicted molar refractivity (Wildman–Crippen MR) is 121 cm³/mol. The lowest BCUT2D eigenvalue weighted by Crippen LogP contribution is -2.15. The monoisotopic (exact) mass is 434 g/mol. The number of amides is 1. The summed E-state index contributed by atoms with van der Waals surface area (Å²) in [5.74, 6) is 1.46. The highest BCUT2D eigenvalue weighted by molar-refractivity contribution is 7.99. The molecule has 0 spiro atoms. The molecule has 0 radical (unpaired) electrons. The van der Waals surface area contributed by atoms with Gasteiger partial charge < -0.3 is 10.1 Å². The van der Waals surface area contributed by atoms with Gasteiger partial charge in [-0.3, -0.25) is 9.89 Å². The Balaban J connectivity index is 1.39. The normalized spacial score (nSPS) is 10.8. The van der Waals surface area contributed by atoms with Crippen LogP contribution in [0.3, 0.4) is 0 Å². The second kappa shape index (κ2) is 9.05. The zero-order valence-corrected chi connectivity index (χ0v) is 18.2. The molecule has 0 bridgehead atoms. The average Bonchev–Trinajstić information content (AvgIpc) is 3.39. The molecule has 0 aliphatic heterocycles. The molecule has 2 heterocycles. The molecule has 0 saturated heterocycles. The number of ether oxygens (including phenoxy) is 1. The highest BCUT2D eigenvalue weighted by Crippen LogP contribution is 2.24. The Bertz CT molecular complexity index is 1180. The molecule has 2 aromatic heterocycles. The second-order valence-corrected chi connectivity index (χ2v) is 7.77. The van der Waals surface area contributed by atoms with Crippen LogP contribution in [0.15, 0.2) is 59.8 Å². The van der Waals surface area contributed by atoms with Gasteiger partial charge in [0.25, 0.3) is 0 Å². The SMILES string of the molecule is COc1ccc(-c2nc(SCC(=O)Nc3c(C)nn(-c4ccccc4)c3C)n[nH]2)cc1. The second-order valence-electron chi connectivity index (χ2n) is 6.83. The largest absolute Gasteiger partial charge is 0.497 e. The van der Waals surface area contributed by atoms with Crippen molar-refractivity contribution in [3.05, 3.63) is 66.0 Å². The highest BCUT2D eigenvalue weighted by atomic mass is 32.2. The minimum absolute atomic E-state index is 0.139. The van der Waals surface area contributed by atoms with Crippen LogP contribution < -0.4 is 10.1 Å². The number of rotatable bonds is 7. The van der Waals surface area contributed by atoms with E-state index in [1.807, 2.05) is 73.1 Å². The van der Waals surface area contributed by atoms with Crippen molar-refractivity contribution in [2.45, 2.75) is 19.0 Å². The minimum Gasteiger partial charge on any atom is -0.497 e. The summed E-state index contributed by atoms with van der Waals surface area (Å²) < 4.78 is 6.99. The quantitative estimate of drug-likeness (QED) is 0.427. The number of aryl methyl sites for hydroxylation is 1. The molecule has 2 N–H and O–H groups in total. The lowest BCUT2D eigenvalue weighted by molar-refractivity contribution is -0.113. The van der Waals surface area contributed by atoms with Crippen LogP contribution in [0.4, 0.5) is 5.69 Å². The first-order chi connectivity index (χ1) is 15.0. The molecule has 2 aromatic carbocycles. The molecule has 0 aliphatic carbocycles. The number of aromatic nitrogens is 5. The summed E-state index contributed by atoms with van der Waals surface area (Å²) in [5.41, 5.74) is 4.21. The Kier molecular flexibility index (Phi) is 6.03. The van der Waals surface area contributed by atoms with Crippen molar-refractivity contribution in [3.63, 3.8) is 0 Å². The number of H-pyrrole nitrogens is 1. The van der Waals surface area contributed by atoms with E-state index in [-0.39, 0.29) is 11.7 Å². The van der Waals surface area contributed by atoms with Crippen molar-refractivity contribution in [2.24, 2.45) is 0 Å². The van der Waals surface area contributed by atoms with Crippen LogP contribution >= 0.6 is 11.8 Å². The number of hydrogen-bond acceptors (Lipinski definition) is 6. The van der Waals surface area contributed by atoms with Crippen molar-refractivity contribution in [2.75, 3.05) is 18.2 Å². The summed E-state index contributed by atoms with van der Waals surface area (Å²) in [6.07, 6.45) is 0. The number of methoxy groups -OCH3 is 1. The van der Waals surface area contributed by atoms with Gasteiger partial charge in [0.15, 0.2) is 5.82 Å². The van der Waals surface area contributed by atoms with Gasteiger partial charge in [0.2, 0.25) is 11.1 Å². The number of nitrogens with zero attached hydrogens (tertiary/aromatic N) is 4. The van der Waals surface area contributed by atoms with E-state index in [1.54, 1.807) is 7.11 Å². The van der Waals surface area contributed by atoms with Crippen molar-refractivity contribution in [3.8, 4) is 22.8 Å². The van der Waals surface area contributed by atoms with E-state index in [2.05, 4.69) is 25.6 Å². The van der Waals surface area contributed by atoms with Gasteiger partial charge in [-0.25, -0.2) is 9.67 Å². The van der Waals surface area contributed by atoms with Crippen LogP contribution in [0, 0.1) is 13.8 Å². The number of anilines is 1. The standard InChI is InChI=1S/C22H22N6O2S/c1-14-20(15(2)28(27-14)17-7-5-4-6-8-17)23-19(29)13-31-22-24-21(25-26-22)16-9-11-18(30-3)12-10-16/h4-12H,13H2,1-3H3,(H,23,29)(H,24,25,26). The van der Waals surface area contributed by atoms with Crippen LogP contribution in [0.1, 0.15) is 11.4 Å². The number of benzene rings is 2. The molecular weight excluding hydrogens is 412 g/mol. The fourth-order valence-electron chi connectivity index (χ4n) is 3.14. The number of aromatic amines is 1. The molecule has 4 aromatic rings. The Hall–Kier alpha value is -3.59. The molecule has 0 fully saturated rings. The molecule has 9 heteroatoms. The first-order valence-corrected chi connectivity index (χ1v) is 10.6.